The highest BCUT2D eigenvalue weighted by atomic mass is 16.5. The van der Waals surface area contributed by atoms with Gasteiger partial charge in [-0.3, -0.25) is 4.90 Å². The summed E-state index contributed by atoms with van der Waals surface area (Å²) < 4.78 is 5.10. The van der Waals surface area contributed by atoms with Crippen LogP contribution in [0, 0.1) is 0 Å². The number of unbranched alkanes of at least 4 members (excludes halogenated alkanes) is 2. The molecule has 1 rings (SSSR count). The van der Waals surface area contributed by atoms with E-state index in [1.165, 1.54) is 45.2 Å². The maximum Gasteiger partial charge on any atom is 0.0462 e. The van der Waals surface area contributed by atoms with Crippen molar-refractivity contribution in [3.63, 3.8) is 0 Å². The van der Waals surface area contributed by atoms with Crippen LogP contribution in [0.4, 0.5) is 0 Å². The molecule has 0 bridgehead atoms. The molecule has 108 valence electrons. The second-order valence-electron chi connectivity index (χ2n) is 5.74. The molecule has 1 heterocycles. The van der Waals surface area contributed by atoms with E-state index in [1.54, 1.807) is 7.11 Å². The molecule has 1 fully saturated rings. The van der Waals surface area contributed by atoms with Gasteiger partial charge in [-0.05, 0) is 45.6 Å². The van der Waals surface area contributed by atoms with Gasteiger partial charge in [-0.1, -0.05) is 13.8 Å². The molecule has 0 amide bonds. The van der Waals surface area contributed by atoms with Crippen molar-refractivity contribution in [1.29, 1.82) is 0 Å². The van der Waals surface area contributed by atoms with Crippen LogP contribution in [0.15, 0.2) is 0 Å². The lowest BCUT2D eigenvalue weighted by Crippen LogP contribution is -2.63. The summed E-state index contributed by atoms with van der Waals surface area (Å²) in [6.45, 7) is 11.5. The van der Waals surface area contributed by atoms with Crippen molar-refractivity contribution in [3.8, 4) is 0 Å². The topological polar surface area (TPSA) is 24.5 Å². The van der Waals surface area contributed by atoms with Crippen molar-refractivity contribution < 1.29 is 4.74 Å². The van der Waals surface area contributed by atoms with Crippen LogP contribution in [0.25, 0.3) is 0 Å². The number of rotatable bonds is 8. The van der Waals surface area contributed by atoms with Gasteiger partial charge in [0.2, 0.25) is 0 Å². The third-order valence-electron chi connectivity index (χ3n) is 4.55. The van der Waals surface area contributed by atoms with Gasteiger partial charge in [-0.15, -0.1) is 0 Å². The van der Waals surface area contributed by atoms with Crippen molar-refractivity contribution >= 4 is 0 Å². The zero-order chi connectivity index (χ0) is 13.4. The van der Waals surface area contributed by atoms with Gasteiger partial charge >= 0.3 is 0 Å². The Morgan fingerprint density at radius 2 is 1.94 bits per heavy atom. The second kappa shape index (κ2) is 8.13. The molecule has 1 aliphatic rings. The average molecular weight is 256 g/mol. The van der Waals surface area contributed by atoms with E-state index in [1.807, 2.05) is 0 Å². The van der Waals surface area contributed by atoms with E-state index in [0.29, 0.717) is 11.6 Å². The lowest BCUT2D eigenvalue weighted by atomic mass is 9.88. The molecule has 0 aliphatic carbocycles. The van der Waals surface area contributed by atoms with E-state index in [9.17, 15) is 0 Å². The molecule has 0 radical (unpaired) electrons. The number of nitrogens with zero attached hydrogens (tertiary/aromatic N) is 1. The highest BCUT2D eigenvalue weighted by Gasteiger charge is 2.34. The van der Waals surface area contributed by atoms with Gasteiger partial charge in [-0.2, -0.15) is 0 Å². The molecule has 1 aliphatic heterocycles. The first-order valence-corrected chi connectivity index (χ1v) is 7.65. The van der Waals surface area contributed by atoms with E-state index >= 15 is 0 Å². The largest absolute Gasteiger partial charge is 0.385 e. The number of piperazine rings is 1. The summed E-state index contributed by atoms with van der Waals surface area (Å²) in [4.78, 5) is 2.68. The molecule has 1 atom stereocenters. The first-order valence-electron chi connectivity index (χ1n) is 7.65. The van der Waals surface area contributed by atoms with Crippen LogP contribution < -0.4 is 5.32 Å². The maximum absolute atomic E-state index is 5.10. The molecule has 0 aromatic heterocycles. The fraction of sp³-hybridized carbons (Fsp3) is 1.00. The molecule has 3 heteroatoms. The summed E-state index contributed by atoms with van der Waals surface area (Å²) in [5.41, 5.74) is 0.360. The van der Waals surface area contributed by atoms with Crippen molar-refractivity contribution in [2.24, 2.45) is 0 Å². The lowest BCUT2D eigenvalue weighted by molar-refractivity contribution is 0.0785. The number of nitrogens with one attached hydrogen (secondary N) is 1. The van der Waals surface area contributed by atoms with E-state index in [4.69, 9.17) is 4.74 Å². The SMILES string of the molecule is CCC1(CC)CN(CCCCCOC)C(C)CN1. The third kappa shape index (κ3) is 4.52. The van der Waals surface area contributed by atoms with E-state index in [0.717, 1.165) is 13.2 Å². The van der Waals surface area contributed by atoms with Crippen LogP contribution in [0.2, 0.25) is 0 Å². The van der Waals surface area contributed by atoms with E-state index in [2.05, 4.69) is 31.0 Å². The van der Waals surface area contributed by atoms with Gasteiger partial charge in [0.05, 0.1) is 0 Å². The van der Waals surface area contributed by atoms with Crippen molar-refractivity contribution in [2.75, 3.05) is 33.4 Å². The Bertz CT molecular complexity index is 217. The second-order valence-corrected chi connectivity index (χ2v) is 5.74. The molecule has 1 unspecified atom stereocenters. The summed E-state index contributed by atoms with van der Waals surface area (Å²) >= 11 is 0. The summed E-state index contributed by atoms with van der Waals surface area (Å²) in [7, 11) is 1.79. The van der Waals surface area contributed by atoms with Gasteiger partial charge in [0.25, 0.3) is 0 Å². The summed E-state index contributed by atoms with van der Waals surface area (Å²) in [5.74, 6) is 0. The Balaban J connectivity index is 2.33. The molecular weight excluding hydrogens is 224 g/mol. The van der Waals surface area contributed by atoms with Crippen LogP contribution in [-0.4, -0.2) is 49.8 Å². The Hall–Kier alpha value is -0.120. The highest BCUT2D eigenvalue weighted by Crippen LogP contribution is 2.22. The van der Waals surface area contributed by atoms with Crippen LogP contribution in [0.1, 0.15) is 52.9 Å². The molecule has 0 aromatic rings. The minimum Gasteiger partial charge on any atom is -0.385 e. The molecule has 0 spiro atoms. The van der Waals surface area contributed by atoms with E-state index in [-0.39, 0.29) is 0 Å². The third-order valence-corrected chi connectivity index (χ3v) is 4.55. The predicted molar refractivity (Wildman–Crippen MR) is 78.1 cm³/mol. The molecular formula is C15H32N2O. The van der Waals surface area contributed by atoms with Crippen molar-refractivity contribution in [2.45, 2.75) is 64.5 Å². The van der Waals surface area contributed by atoms with Crippen LogP contribution in [0.5, 0.6) is 0 Å². The van der Waals surface area contributed by atoms with E-state index < -0.39 is 0 Å². The van der Waals surface area contributed by atoms with Gasteiger partial charge < -0.3 is 10.1 Å². The fourth-order valence-corrected chi connectivity index (χ4v) is 2.85. The maximum atomic E-state index is 5.10. The van der Waals surface area contributed by atoms with Crippen LogP contribution >= 0.6 is 0 Å². The van der Waals surface area contributed by atoms with Crippen LogP contribution in [-0.2, 0) is 4.74 Å². The van der Waals surface area contributed by atoms with Crippen LogP contribution in [0.3, 0.4) is 0 Å². The molecule has 18 heavy (non-hydrogen) atoms. The molecule has 3 nitrogen and oxygen atoms in total. The zero-order valence-corrected chi connectivity index (χ0v) is 12.8. The Morgan fingerprint density at radius 3 is 2.56 bits per heavy atom. The Labute approximate surface area is 113 Å². The molecule has 1 saturated heterocycles. The standard InChI is InChI=1S/C15H32N2O/c1-5-15(6-2)13-17(14(3)12-16-15)10-8-7-9-11-18-4/h14,16H,5-13H2,1-4H3. The number of hydrogen-bond acceptors (Lipinski definition) is 3. The summed E-state index contributed by atoms with van der Waals surface area (Å²) in [5, 5.41) is 3.76. The minimum absolute atomic E-state index is 0.360. The summed E-state index contributed by atoms with van der Waals surface area (Å²) in [6.07, 6.45) is 6.25. The lowest BCUT2D eigenvalue weighted by Gasteiger charge is -2.46. The van der Waals surface area contributed by atoms with Gasteiger partial charge in [-0.25, -0.2) is 0 Å². The quantitative estimate of drug-likeness (QED) is 0.676. The fourth-order valence-electron chi connectivity index (χ4n) is 2.85. The van der Waals surface area contributed by atoms with Gasteiger partial charge in [0.15, 0.2) is 0 Å². The normalized spacial score (nSPS) is 24.3. The minimum atomic E-state index is 0.360. The van der Waals surface area contributed by atoms with Gasteiger partial charge in [0, 0.05) is 38.4 Å². The number of hydrogen-bond donors (Lipinski definition) is 1. The molecule has 0 aromatic carbocycles. The smallest absolute Gasteiger partial charge is 0.0462 e. The van der Waals surface area contributed by atoms with Crippen molar-refractivity contribution in [1.82, 2.24) is 10.2 Å². The van der Waals surface area contributed by atoms with Crippen molar-refractivity contribution in [3.05, 3.63) is 0 Å². The molecule has 0 saturated carbocycles. The number of ether oxygens (including phenoxy) is 1. The Kier molecular flexibility index (Phi) is 7.20. The Morgan fingerprint density at radius 1 is 1.22 bits per heavy atom. The average Bonchev–Trinajstić information content (AvgIpc) is 2.41. The predicted octanol–water partition coefficient (Wildman–Crippen LogP) is 2.66. The first-order chi connectivity index (χ1) is 8.67. The first kappa shape index (κ1) is 15.9. The highest BCUT2D eigenvalue weighted by molar-refractivity contribution is 4.95. The zero-order valence-electron chi connectivity index (χ0n) is 12.8. The monoisotopic (exact) mass is 256 g/mol. The van der Waals surface area contributed by atoms with Gasteiger partial charge in [0.1, 0.15) is 0 Å². The molecule has 1 N–H and O–H groups in total. The number of methoxy groups -OCH3 is 1. The summed E-state index contributed by atoms with van der Waals surface area (Å²) in [6, 6.07) is 0.679.